The van der Waals surface area contributed by atoms with Crippen molar-refractivity contribution in [1.82, 2.24) is 9.21 Å². The number of hydrogen-bond acceptors (Lipinski definition) is 4. The Morgan fingerprint density at radius 1 is 1.19 bits per heavy atom. The summed E-state index contributed by atoms with van der Waals surface area (Å²) in [6, 6.07) is 6.99. The Hall–Kier alpha value is -1.60. The van der Waals surface area contributed by atoms with Crippen LogP contribution in [0.25, 0.3) is 0 Å². The lowest BCUT2D eigenvalue weighted by Gasteiger charge is -2.21. The zero-order chi connectivity index (χ0) is 15.5. The number of carbonyl (C=O) groups excluding carboxylic acids is 1. The molecule has 0 spiro atoms. The lowest BCUT2D eigenvalue weighted by molar-refractivity contribution is 0.0764. The van der Waals surface area contributed by atoms with Crippen molar-refractivity contribution in [2.45, 2.75) is 6.42 Å². The van der Waals surface area contributed by atoms with Gasteiger partial charge in [0.05, 0.1) is 13.4 Å². The molecular weight excluding hydrogens is 292 g/mol. The highest BCUT2D eigenvalue weighted by atomic mass is 32.2. The predicted molar refractivity (Wildman–Crippen MR) is 79.9 cm³/mol. The van der Waals surface area contributed by atoms with Crippen molar-refractivity contribution < 1.29 is 17.9 Å². The molecule has 1 heterocycles. The second kappa shape index (κ2) is 6.44. The van der Waals surface area contributed by atoms with Crippen LogP contribution in [0.5, 0.6) is 5.75 Å². The van der Waals surface area contributed by atoms with Crippen LogP contribution in [0.3, 0.4) is 0 Å². The molecule has 2 rings (SSSR count). The second-order valence-electron chi connectivity index (χ2n) is 5.04. The molecule has 0 aliphatic carbocycles. The number of benzene rings is 1. The van der Waals surface area contributed by atoms with Crippen LogP contribution < -0.4 is 4.74 Å². The van der Waals surface area contributed by atoms with Gasteiger partial charge in [-0.3, -0.25) is 4.79 Å². The monoisotopic (exact) mass is 312 g/mol. The summed E-state index contributed by atoms with van der Waals surface area (Å²) < 4.78 is 29.7. The van der Waals surface area contributed by atoms with E-state index in [0.29, 0.717) is 43.9 Å². The van der Waals surface area contributed by atoms with Crippen molar-refractivity contribution in [2.24, 2.45) is 0 Å². The van der Waals surface area contributed by atoms with Gasteiger partial charge in [-0.25, -0.2) is 12.7 Å². The Labute approximate surface area is 125 Å². The molecule has 0 aromatic heterocycles. The van der Waals surface area contributed by atoms with Crippen LogP contribution >= 0.6 is 0 Å². The molecule has 21 heavy (non-hydrogen) atoms. The van der Waals surface area contributed by atoms with Crippen LogP contribution in [-0.4, -0.2) is 63.1 Å². The highest BCUT2D eigenvalue weighted by Crippen LogP contribution is 2.16. The second-order valence-corrected chi connectivity index (χ2v) is 7.02. The quantitative estimate of drug-likeness (QED) is 0.828. The van der Waals surface area contributed by atoms with Gasteiger partial charge in [-0.1, -0.05) is 6.07 Å². The standard InChI is InChI=1S/C14H20N2O4S/c1-20-13-6-3-5-12(11-13)14(17)15-7-4-8-16(10-9-15)21(2,18)19/h3,5-6,11H,4,7-10H2,1-2H3. The molecule has 0 radical (unpaired) electrons. The molecule has 116 valence electrons. The zero-order valence-corrected chi connectivity index (χ0v) is 13.1. The number of methoxy groups -OCH3 is 1. The first-order valence-corrected chi connectivity index (χ1v) is 8.65. The highest BCUT2D eigenvalue weighted by Gasteiger charge is 2.24. The van der Waals surface area contributed by atoms with Gasteiger partial charge in [0.25, 0.3) is 5.91 Å². The number of ether oxygens (including phenoxy) is 1. The van der Waals surface area contributed by atoms with Gasteiger partial charge in [0.2, 0.25) is 10.0 Å². The van der Waals surface area contributed by atoms with Crippen LogP contribution in [0, 0.1) is 0 Å². The summed E-state index contributed by atoms with van der Waals surface area (Å²) in [6.45, 7) is 1.76. The van der Waals surface area contributed by atoms with Gasteiger partial charge in [-0.05, 0) is 24.6 Å². The van der Waals surface area contributed by atoms with Crippen molar-refractivity contribution in [1.29, 1.82) is 0 Å². The first kappa shape index (κ1) is 15.8. The molecule has 7 heteroatoms. The summed E-state index contributed by atoms with van der Waals surface area (Å²) in [5.74, 6) is 0.540. The summed E-state index contributed by atoms with van der Waals surface area (Å²) in [5.41, 5.74) is 0.558. The SMILES string of the molecule is COc1cccc(C(=O)N2CCCN(S(C)(=O)=O)CC2)c1. The van der Waals surface area contributed by atoms with E-state index in [1.807, 2.05) is 0 Å². The summed E-state index contributed by atoms with van der Waals surface area (Å²) in [5, 5.41) is 0. The predicted octanol–water partition coefficient (Wildman–Crippen LogP) is 0.803. The van der Waals surface area contributed by atoms with E-state index in [1.54, 1.807) is 36.3 Å². The average Bonchev–Trinajstić information content (AvgIpc) is 2.72. The van der Waals surface area contributed by atoms with Crippen LogP contribution in [0.2, 0.25) is 0 Å². The smallest absolute Gasteiger partial charge is 0.254 e. The van der Waals surface area contributed by atoms with E-state index in [0.717, 1.165) is 0 Å². The third-order valence-electron chi connectivity index (χ3n) is 3.53. The molecular formula is C14H20N2O4S. The maximum atomic E-state index is 12.5. The number of hydrogen-bond donors (Lipinski definition) is 0. The average molecular weight is 312 g/mol. The molecule has 0 atom stereocenters. The van der Waals surface area contributed by atoms with E-state index < -0.39 is 10.0 Å². The normalized spacial score (nSPS) is 17.3. The number of sulfonamides is 1. The molecule has 6 nitrogen and oxygen atoms in total. The molecule has 1 aromatic rings. The molecule has 1 amide bonds. The third kappa shape index (κ3) is 3.95. The first-order chi connectivity index (χ1) is 9.91. The molecule has 0 N–H and O–H groups in total. The highest BCUT2D eigenvalue weighted by molar-refractivity contribution is 7.88. The fourth-order valence-corrected chi connectivity index (χ4v) is 3.24. The van der Waals surface area contributed by atoms with E-state index in [1.165, 1.54) is 10.6 Å². The fourth-order valence-electron chi connectivity index (χ4n) is 2.37. The van der Waals surface area contributed by atoms with Crippen LogP contribution in [0.1, 0.15) is 16.8 Å². The zero-order valence-electron chi connectivity index (χ0n) is 12.3. The van der Waals surface area contributed by atoms with E-state index in [2.05, 4.69) is 0 Å². The number of carbonyl (C=O) groups is 1. The van der Waals surface area contributed by atoms with E-state index in [4.69, 9.17) is 4.74 Å². The lowest BCUT2D eigenvalue weighted by atomic mass is 10.2. The maximum absolute atomic E-state index is 12.5. The Morgan fingerprint density at radius 3 is 2.62 bits per heavy atom. The van der Waals surface area contributed by atoms with E-state index in [9.17, 15) is 13.2 Å². The molecule has 1 aromatic carbocycles. The molecule has 1 aliphatic heterocycles. The van der Waals surface area contributed by atoms with Gasteiger partial charge >= 0.3 is 0 Å². The topological polar surface area (TPSA) is 66.9 Å². The summed E-state index contributed by atoms with van der Waals surface area (Å²) >= 11 is 0. The van der Waals surface area contributed by atoms with Gasteiger partial charge in [0.15, 0.2) is 0 Å². The minimum Gasteiger partial charge on any atom is -0.497 e. The molecule has 1 fully saturated rings. The van der Waals surface area contributed by atoms with Gasteiger partial charge in [0.1, 0.15) is 5.75 Å². The maximum Gasteiger partial charge on any atom is 0.254 e. The van der Waals surface area contributed by atoms with E-state index >= 15 is 0 Å². The van der Waals surface area contributed by atoms with Gasteiger partial charge in [-0.2, -0.15) is 0 Å². The Morgan fingerprint density at radius 2 is 1.95 bits per heavy atom. The van der Waals surface area contributed by atoms with Crippen LogP contribution in [-0.2, 0) is 10.0 Å². The third-order valence-corrected chi connectivity index (χ3v) is 4.83. The van der Waals surface area contributed by atoms with Crippen molar-refractivity contribution in [3.05, 3.63) is 29.8 Å². The molecule has 1 aliphatic rings. The molecule has 0 saturated carbocycles. The number of nitrogens with zero attached hydrogens (tertiary/aromatic N) is 2. The minimum absolute atomic E-state index is 0.0933. The lowest BCUT2D eigenvalue weighted by Crippen LogP contribution is -2.36. The van der Waals surface area contributed by atoms with Gasteiger partial charge in [-0.15, -0.1) is 0 Å². The van der Waals surface area contributed by atoms with Gasteiger partial charge < -0.3 is 9.64 Å². The summed E-state index contributed by atoms with van der Waals surface area (Å²) in [4.78, 5) is 14.2. The minimum atomic E-state index is -3.20. The first-order valence-electron chi connectivity index (χ1n) is 6.80. The number of rotatable bonds is 3. The van der Waals surface area contributed by atoms with Crippen molar-refractivity contribution >= 4 is 15.9 Å². The molecule has 0 bridgehead atoms. The Bertz CT molecular complexity index is 615. The van der Waals surface area contributed by atoms with Crippen LogP contribution in [0.4, 0.5) is 0 Å². The Kier molecular flexibility index (Phi) is 4.84. The molecule has 0 unspecified atom stereocenters. The summed E-state index contributed by atoms with van der Waals surface area (Å²) in [7, 11) is -1.64. The van der Waals surface area contributed by atoms with E-state index in [-0.39, 0.29) is 5.91 Å². The van der Waals surface area contributed by atoms with Gasteiger partial charge in [0, 0.05) is 31.7 Å². The van der Waals surface area contributed by atoms with Crippen molar-refractivity contribution in [3.8, 4) is 5.75 Å². The van der Waals surface area contributed by atoms with Crippen molar-refractivity contribution in [3.63, 3.8) is 0 Å². The Balaban J connectivity index is 2.09. The van der Waals surface area contributed by atoms with Crippen molar-refractivity contribution in [2.75, 3.05) is 39.5 Å². The largest absolute Gasteiger partial charge is 0.497 e. The fraction of sp³-hybridized carbons (Fsp3) is 0.500. The summed E-state index contributed by atoms with van der Waals surface area (Å²) in [6.07, 6.45) is 1.84. The number of amides is 1. The molecule has 1 saturated heterocycles. The van der Waals surface area contributed by atoms with Crippen LogP contribution in [0.15, 0.2) is 24.3 Å².